The van der Waals surface area contributed by atoms with Crippen LogP contribution in [-0.2, 0) is 27.5 Å². The lowest BCUT2D eigenvalue weighted by Crippen LogP contribution is -2.48. The van der Waals surface area contributed by atoms with Crippen molar-refractivity contribution in [1.29, 1.82) is 0 Å². The van der Waals surface area contributed by atoms with Gasteiger partial charge in [-0.15, -0.1) is 0 Å². The minimum atomic E-state index is -4.75. The molecule has 0 spiro atoms. The Kier molecular flexibility index (Phi) is 7.43. The number of rotatable bonds is 6. The van der Waals surface area contributed by atoms with E-state index >= 15 is 0 Å². The minimum absolute atomic E-state index is 0.0169. The number of hydrogen-bond acceptors (Lipinski definition) is 6. The Hall–Kier alpha value is -3.59. The van der Waals surface area contributed by atoms with Crippen molar-refractivity contribution < 1.29 is 39.6 Å². The number of amides is 1. The summed E-state index contributed by atoms with van der Waals surface area (Å²) in [6.07, 6.45) is -4.38. The predicted molar refractivity (Wildman–Crippen MR) is 120 cm³/mol. The quantitative estimate of drug-likeness (QED) is 0.463. The molecule has 2 aromatic heterocycles. The van der Waals surface area contributed by atoms with Gasteiger partial charge in [-0.1, -0.05) is 0 Å². The molecule has 15 heteroatoms. The highest BCUT2D eigenvalue weighted by Gasteiger charge is 2.49. The van der Waals surface area contributed by atoms with Crippen LogP contribution in [0.1, 0.15) is 24.7 Å². The Morgan fingerprint density at radius 2 is 1.71 bits per heavy atom. The number of carbonyl (C=O) groups is 1. The van der Waals surface area contributed by atoms with Gasteiger partial charge in [0.15, 0.2) is 0 Å². The maximum atomic E-state index is 14.6. The van der Waals surface area contributed by atoms with Crippen LogP contribution in [0, 0.1) is 11.6 Å². The van der Waals surface area contributed by atoms with Gasteiger partial charge in [-0.3, -0.25) is 9.78 Å². The van der Waals surface area contributed by atoms with Crippen LogP contribution in [0.2, 0.25) is 0 Å². The first-order valence-electron chi connectivity index (χ1n) is 11.0. The molecule has 3 unspecified atom stereocenters. The summed E-state index contributed by atoms with van der Waals surface area (Å²) in [6.45, 7) is 0.827. The average Bonchev–Trinajstić information content (AvgIpc) is 3.18. The first kappa shape index (κ1) is 27.4. The minimum Gasteiger partial charge on any atom is -0.351 e. The van der Waals surface area contributed by atoms with Gasteiger partial charge >= 0.3 is 6.18 Å². The van der Waals surface area contributed by atoms with E-state index in [0.717, 1.165) is 48.9 Å². The molecule has 3 atom stereocenters. The van der Waals surface area contributed by atoms with E-state index in [0.29, 0.717) is 4.31 Å². The van der Waals surface area contributed by atoms with Crippen molar-refractivity contribution in [2.75, 3.05) is 0 Å². The summed E-state index contributed by atoms with van der Waals surface area (Å²) in [5.74, 6) is -3.82. The predicted octanol–water partition coefficient (Wildman–Crippen LogP) is 3.64. The highest BCUT2D eigenvalue weighted by Crippen LogP contribution is 2.33. The van der Waals surface area contributed by atoms with Gasteiger partial charge in [-0.2, -0.15) is 17.5 Å². The van der Waals surface area contributed by atoms with Gasteiger partial charge in [0.2, 0.25) is 21.8 Å². The molecule has 1 aromatic carbocycles. The number of aromatic nitrogens is 3. The number of carbonyl (C=O) groups excluding carboxylic acids is 1. The fourth-order valence-corrected chi connectivity index (χ4v) is 5.79. The number of pyridine rings is 1. The van der Waals surface area contributed by atoms with E-state index in [1.807, 2.05) is 0 Å². The number of hydrogen-bond donors (Lipinski definition) is 1. The Bertz CT molecular complexity index is 1440. The van der Waals surface area contributed by atoms with Crippen LogP contribution in [0.15, 0.2) is 53.8 Å². The number of alkyl halides is 4. The van der Waals surface area contributed by atoms with E-state index < -0.39 is 70.8 Å². The Morgan fingerprint density at radius 1 is 1.08 bits per heavy atom. The standard InChI is InChI=1S/C23H19F6N5O3S/c1-12-17(25)7-20(34(12)38(36,37)16-4-2-15(24)3-5-16)21(35)31-8-13-6-19(30-11-18(13)26)14-9-32-22(33-10-14)23(27,28)29/h2-6,9-12,17,20H,7-8H2,1H3,(H,31,35). The van der Waals surface area contributed by atoms with Crippen LogP contribution >= 0.6 is 0 Å². The number of halogens is 6. The Labute approximate surface area is 212 Å². The lowest BCUT2D eigenvalue weighted by atomic mass is 10.1. The van der Waals surface area contributed by atoms with E-state index in [2.05, 4.69) is 20.3 Å². The monoisotopic (exact) mass is 559 g/mol. The van der Waals surface area contributed by atoms with Gasteiger partial charge in [0.05, 0.1) is 22.8 Å². The molecule has 1 aliphatic heterocycles. The van der Waals surface area contributed by atoms with Crippen molar-refractivity contribution in [3.63, 3.8) is 0 Å². The summed E-state index contributed by atoms with van der Waals surface area (Å²) in [5, 5.41) is 2.37. The van der Waals surface area contributed by atoms with Crippen LogP contribution in [0.4, 0.5) is 26.3 Å². The first-order chi connectivity index (χ1) is 17.8. The highest BCUT2D eigenvalue weighted by atomic mass is 32.2. The smallest absolute Gasteiger partial charge is 0.351 e. The average molecular weight is 559 g/mol. The third-order valence-corrected chi connectivity index (χ3v) is 7.97. The van der Waals surface area contributed by atoms with E-state index in [1.54, 1.807) is 0 Å². The molecule has 0 aliphatic carbocycles. The topological polar surface area (TPSA) is 105 Å². The molecule has 1 saturated heterocycles. The maximum Gasteiger partial charge on any atom is 0.451 e. The molecule has 4 rings (SSSR count). The number of sulfonamides is 1. The van der Waals surface area contributed by atoms with Crippen LogP contribution in [0.5, 0.6) is 0 Å². The Morgan fingerprint density at radius 3 is 2.32 bits per heavy atom. The molecule has 8 nitrogen and oxygen atoms in total. The summed E-state index contributed by atoms with van der Waals surface area (Å²) in [4.78, 5) is 22.8. The molecule has 0 bridgehead atoms. The SMILES string of the molecule is CC1C(F)CC(C(=O)NCc2cc(-c3cnc(C(F)(F)F)nc3)ncc2F)N1S(=O)(=O)c1ccc(F)cc1. The summed E-state index contributed by atoms with van der Waals surface area (Å²) in [7, 11) is -4.39. The van der Waals surface area contributed by atoms with Crippen molar-refractivity contribution >= 4 is 15.9 Å². The molecular formula is C23H19F6N5O3S. The number of nitrogens with zero attached hydrogens (tertiary/aromatic N) is 4. The maximum absolute atomic E-state index is 14.6. The summed E-state index contributed by atoms with van der Waals surface area (Å²) in [5.41, 5.74) is -0.0609. The van der Waals surface area contributed by atoms with Crippen LogP contribution in [-0.4, -0.2) is 51.8 Å². The summed E-state index contributed by atoms with van der Waals surface area (Å²) < 4.78 is 107. The normalized spacial score (nSPS) is 20.4. The molecule has 1 amide bonds. The van der Waals surface area contributed by atoms with Gasteiger partial charge in [-0.05, 0) is 37.3 Å². The third kappa shape index (κ3) is 5.48. The van der Waals surface area contributed by atoms with Gasteiger partial charge in [0, 0.05) is 36.5 Å². The van der Waals surface area contributed by atoms with Crippen molar-refractivity contribution in [2.45, 2.75) is 49.2 Å². The van der Waals surface area contributed by atoms with Gasteiger partial charge < -0.3 is 5.32 Å². The molecule has 1 N–H and O–H groups in total. The van der Waals surface area contributed by atoms with Crippen LogP contribution < -0.4 is 5.32 Å². The zero-order valence-corrected chi connectivity index (χ0v) is 20.3. The molecule has 38 heavy (non-hydrogen) atoms. The number of nitrogens with one attached hydrogen (secondary N) is 1. The largest absolute Gasteiger partial charge is 0.451 e. The van der Waals surface area contributed by atoms with Crippen LogP contribution in [0.25, 0.3) is 11.3 Å². The van der Waals surface area contributed by atoms with Crippen molar-refractivity contribution in [2.24, 2.45) is 0 Å². The van der Waals surface area contributed by atoms with Crippen molar-refractivity contribution in [3.8, 4) is 11.3 Å². The highest BCUT2D eigenvalue weighted by molar-refractivity contribution is 7.89. The van der Waals surface area contributed by atoms with Crippen LogP contribution in [0.3, 0.4) is 0 Å². The Balaban J connectivity index is 1.53. The molecule has 0 radical (unpaired) electrons. The molecular weight excluding hydrogens is 540 g/mol. The molecule has 3 aromatic rings. The third-order valence-electron chi connectivity index (χ3n) is 5.96. The van der Waals surface area contributed by atoms with Crippen molar-refractivity contribution in [3.05, 3.63) is 71.9 Å². The van der Waals surface area contributed by atoms with Gasteiger partial charge in [0.25, 0.3) is 0 Å². The fraction of sp³-hybridized carbons (Fsp3) is 0.304. The summed E-state index contributed by atoms with van der Waals surface area (Å²) in [6, 6.07) is 2.31. The summed E-state index contributed by atoms with van der Waals surface area (Å²) >= 11 is 0. The van der Waals surface area contributed by atoms with E-state index in [9.17, 15) is 39.6 Å². The van der Waals surface area contributed by atoms with Gasteiger partial charge in [0.1, 0.15) is 23.8 Å². The van der Waals surface area contributed by atoms with E-state index in [4.69, 9.17) is 0 Å². The van der Waals surface area contributed by atoms with Crippen molar-refractivity contribution in [1.82, 2.24) is 24.6 Å². The second-order valence-corrected chi connectivity index (χ2v) is 10.3. The second kappa shape index (κ2) is 10.3. The first-order valence-corrected chi connectivity index (χ1v) is 12.5. The van der Waals surface area contributed by atoms with Gasteiger partial charge in [-0.25, -0.2) is 31.6 Å². The van der Waals surface area contributed by atoms with E-state index in [-0.39, 0.29) is 21.7 Å². The lowest BCUT2D eigenvalue weighted by molar-refractivity contribution is -0.145. The molecule has 202 valence electrons. The molecule has 0 saturated carbocycles. The zero-order valence-electron chi connectivity index (χ0n) is 19.5. The lowest BCUT2D eigenvalue weighted by Gasteiger charge is -2.27. The number of benzene rings is 1. The molecule has 3 heterocycles. The molecule has 1 fully saturated rings. The zero-order chi connectivity index (χ0) is 27.8. The second-order valence-electron chi connectivity index (χ2n) is 8.47. The van der Waals surface area contributed by atoms with E-state index in [1.165, 1.54) is 6.92 Å². The molecule has 1 aliphatic rings. The fourth-order valence-electron chi connectivity index (χ4n) is 3.98.